The summed E-state index contributed by atoms with van der Waals surface area (Å²) in [5.74, 6) is 5.06. The van der Waals surface area contributed by atoms with Gasteiger partial charge >= 0.3 is 5.97 Å². The number of nitrogens with zero attached hydrogens (tertiary/aromatic N) is 1. The molecule has 12 nitrogen and oxygen atoms in total. The molecule has 0 spiro atoms. The topological polar surface area (TPSA) is 187 Å². The van der Waals surface area contributed by atoms with Gasteiger partial charge in [-0.2, -0.15) is 0 Å². The number of nitrogen functional groups attached to an aromatic ring is 2. The van der Waals surface area contributed by atoms with E-state index in [-0.39, 0.29) is 23.4 Å². The van der Waals surface area contributed by atoms with Crippen molar-refractivity contribution in [1.82, 2.24) is 4.90 Å². The Labute approximate surface area is 227 Å². The first-order valence-electron chi connectivity index (χ1n) is 12.3. The smallest absolute Gasteiger partial charge is 0.335 e. The average molecular weight is 539 g/mol. The van der Waals surface area contributed by atoms with Gasteiger partial charge in [-0.1, -0.05) is 24.0 Å². The molecular weight excluding hydrogens is 504 g/mol. The molecule has 0 unspecified atom stereocenters. The SMILES string of the molecule is COc1cc(C(=O)O)cc(N)c1NCC=CCNc1c(N)cc(C(N)=O)cc1OCC#CCN1CCOCC1. The van der Waals surface area contributed by atoms with Crippen LogP contribution in [0.4, 0.5) is 22.7 Å². The highest BCUT2D eigenvalue weighted by Gasteiger charge is 2.14. The summed E-state index contributed by atoms with van der Waals surface area (Å²) in [4.78, 5) is 25.1. The number of hydrogen-bond donors (Lipinski definition) is 6. The van der Waals surface area contributed by atoms with Gasteiger partial charge in [-0.15, -0.1) is 0 Å². The second kappa shape index (κ2) is 14.4. The minimum Gasteiger partial charge on any atom is -0.494 e. The third kappa shape index (κ3) is 8.46. The molecule has 0 radical (unpaired) electrons. The number of hydrogen-bond acceptors (Lipinski definition) is 10. The van der Waals surface area contributed by atoms with Crippen LogP contribution in [-0.2, 0) is 4.74 Å². The van der Waals surface area contributed by atoms with E-state index in [2.05, 4.69) is 27.4 Å². The van der Waals surface area contributed by atoms with Crippen molar-refractivity contribution < 1.29 is 28.9 Å². The lowest BCUT2D eigenvalue weighted by atomic mass is 10.1. The largest absolute Gasteiger partial charge is 0.494 e. The van der Waals surface area contributed by atoms with Crippen LogP contribution in [0.5, 0.6) is 11.5 Å². The molecule has 0 aromatic heterocycles. The van der Waals surface area contributed by atoms with Crippen LogP contribution in [0, 0.1) is 11.8 Å². The second-order valence-electron chi connectivity index (χ2n) is 8.51. The van der Waals surface area contributed by atoms with Crippen LogP contribution >= 0.6 is 0 Å². The van der Waals surface area contributed by atoms with Gasteiger partial charge in [0.25, 0.3) is 0 Å². The number of carbonyl (C=O) groups is 2. The Morgan fingerprint density at radius 2 is 1.59 bits per heavy atom. The third-order valence-corrected chi connectivity index (χ3v) is 5.81. The number of carbonyl (C=O) groups excluding carboxylic acids is 1. The fourth-order valence-corrected chi connectivity index (χ4v) is 3.77. The number of aromatic carboxylic acids is 1. The normalized spacial score (nSPS) is 13.4. The number of rotatable bonds is 12. The van der Waals surface area contributed by atoms with Crippen molar-refractivity contribution in [3.8, 4) is 23.3 Å². The average Bonchev–Trinajstić information content (AvgIpc) is 2.92. The summed E-state index contributed by atoms with van der Waals surface area (Å²) in [7, 11) is 1.44. The molecule has 1 amide bonds. The van der Waals surface area contributed by atoms with Crippen molar-refractivity contribution in [3.05, 3.63) is 47.5 Å². The van der Waals surface area contributed by atoms with Gasteiger partial charge in [0.1, 0.15) is 29.5 Å². The standard InChI is InChI=1S/C27H34N6O6/c1-37-22-17-19(27(35)36)15-21(29)24(22)31-6-2-3-7-32-25-20(28)14-18(26(30)34)16-23(25)39-11-5-4-8-33-9-12-38-13-10-33/h2-3,14-17,31-32H,6-13,28-29H2,1H3,(H2,30,34)(H,35,36). The molecule has 9 N–H and O–H groups in total. The summed E-state index contributed by atoms with van der Waals surface area (Å²) < 4.78 is 16.4. The zero-order valence-corrected chi connectivity index (χ0v) is 21.8. The van der Waals surface area contributed by atoms with Gasteiger partial charge in [0.05, 0.1) is 43.8 Å². The maximum Gasteiger partial charge on any atom is 0.335 e. The number of nitrogens with one attached hydrogen (secondary N) is 2. The number of amides is 1. The molecule has 1 heterocycles. The lowest BCUT2D eigenvalue weighted by molar-refractivity contribution is 0.0443. The monoisotopic (exact) mass is 538 g/mol. The van der Waals surface area contributed by atoms with E-state index < -0.39 is 11.9 Å². The molecule has 1 aliphatic heterocycles. The summed E-state index contributed by atoms with van der Waals surface area (Å²) in [5, 5.41) is 15.5. The van der Waals surface area contributed by atoms with Crippen LogP contribution in [0.1, 0.15) is 20.7 Å². The molecule has 208 valence electrons. The van der Waals surface area contributed by atoms with Crippen LogP contribution in [0.3, 0.4) is 0 Å². The third-order valence-electron chi connectivity index (χ3n) is 5.81. The number of primary amides is 1. The van der Waals surface area contributed by atoms with Gasteiger partial charge in [0, 0.05) is 31.7 Å². The van der Waals surface area contributed by atoms with E-state index in [1.165, 1.54) is 31.4 Å². The van der Waals surface area contributed by atoms with Crippen molar-refractivity contribution in [2.75, 3.05) is 81.8 Å². The number of morpholine rings is 1. The fraction of sp³-hybridized carbons (Fsp3) is 0.333. The Hall–Kier alpha value is -4.60. The van der Waals surface area contributed by atoms with E-state index in [9.17, 15) is 14.7 Å². The zero-order valence-electron chi connectivity index (χ0n) is 21.8. The van der Waals surface area contributed by atoms with Crippen LogP contribution in [0.15, 0.2) is 36.4 Å². The number of benzene rings is 2. The molecule has 1 fully saturated rings. The second-order valence-corrected chi connectivity index (χ2v) is 8.51. The molecule has 1 aliphatic rings. The molecule has 3 rings (SSSR count). The first kappa shape index (κ1) is 29.0. The minimum absolute atomic E-state index is 0.0377. The number of carboxylic acids is 1. The van der Waals surface area contributed by atoms with Gasteiger partial charge in [-0.25, -0.2) is 4.79 Å². The first-order chi connectivity index (χ1) is 18.8. The van der Waals surface area contributed by atoms with E-state index in [4.69, 9.17) is 31.4 Å². The highest BCUT2D eigenvalue weighted by molar-refractivity contribution is 5.96. The van der Waals surface area contributed by atoms with E-state index in [0.717, 1.165) is 13.1 Å². The Kier molecular flexibility index (Phi) is 10.7. The van der Waals surface area contributed by atoms with Gasteiger partial charge in [0.2, 0.25) is 5.91 Å². The van der Waals surface area contributed by atoms with Crippen molar-refractivity contribution in [2.24, 2.45) is 5.73 Å². The van der Waals surface area contributed by atoms with Crippen LogP contribution in [0.2, 0.25) is 0 Å². The van der Waals surface area contributed by atoms with E-state index >= 15 is 0 Å². The Balaban J connectivity index is 1.58. The number of anilines is 4. The van der Waals surface area contributed by atoms with Crippen molar-refractivity contribution in [2.45, 2.75) is 0 Å². The number of methoxy groups -OCH3 is 1. The molecule has 2 aromatic rings. The molecule has 0 aliphatic carbocycles. The summed E-state index contributed by atoms with van der Waals surface area (Å²) in [6.07, 6.45) is 3.71. The van der Waals surface area contributed by atoms with E-state index in [0.29, 0.717) is 61.4 Å². The molecule has 0 saturated carbocycles. The van der Waals surface area contributed by atoms with Crippen molar-refractivity contribution in [1.29, 1.82) is 0 Å². The van der Waals surface area contributed by atoms with Crippen LogP contribution < -0.4 is 37.3 Å². The number of ether oxygens (including phenoxy) is 3. The highest BCUT2D eigenvalue weighted by atomic mass is 16.5. The minimum atomic E-state index is -1.09. The Bertz CT molecular complexity index is 1260. The zero-order chi connectivity index (χ0) is 28.2. The Morgan fingerprint density at radius 3 is 2.18 bits per heavy atom. The molecule has 2 aromatic carbocycles. The molecule has 0 bridgehead atoms. The van der Waals surface area contributed by atoms with Gasteiger partial charge in [-0.05, 0) is 24.3 Å². The van der Waals surface area contributed by atoms with E-state index in [1.807, 2.05) is 12.2 Å². The van der Waals surface area contributed by atoms with Crippen LogP contribution in [0.25, 0.3) is 0 Å². The maximum absolute atomic E-state index is 11.7. The molecule has 12 heteroatoms. The van der Waals surface area contributed by atoms with Crippen LogP contribution in [-0.4, -0.2) is 81.5 Å². The van der Waals surface area contributed by atoms with Crippen molar-refractivity contribution >= 4 is 34.6 Å². The predicted molar refractivity (Wildman–Crippen MR) is 150 cm³/mol. The number of nitrogens with two attached hydrogens (primary N) is 3. The maximum atomic E-state index is 11.7. The molecule has 1 saturated heterocycles. The summed E-state index contributed by atoms with van der Waals surface area (Å²) >= 11 is 0. The summed E-state index contributed by atoms with van der Waals surface area (Å²) in [5.41, 5.74) is 19.5. The summed E-state index contributed by atoms with van der Waals surface area (Å²) in [6, 6.07) is 5.79. The molecule has 0 atom stereocenters. The molecule has 39 heavy (non-hydrogen) atoms. The van der Waals surface area contributed by atoms with Crippen molar-refractivity contribution in [3.63, 3.8) is 0 Å². The predicted octanol–water partition coefficient (Wildman–Crippen LogP) is 1.45. The highest BCUT2D eigenvalue weighted by Crippen LogP contribution is 2.33. The van der Waals surface area contributed by atoms with E-state index in [1.54, 1.807) is 0 Å². The Morgan fingerprint density at radius 1 is 1.00 bits per heavy atom. The van der Waals surface area contributed by atoms with Gasteiger partial charge in [-0.3, -0.25) is 9.69 Å². The summed E-state index contributed by atoms with van der Waals surface area (Å²) in [6.45, 7) is 4.64. The lowest BCUT2D eigenvalue weighted by Gasteiger charge is -2.24. The molecular formula is C27H34N6O6. The fourth-order valence-electron chi connectivity index (χ4n) is 3.77. The van der Waals surface area contributed by atoms with Gasteiger partial charge in [0.15, 0.2) is 0 Å². The van der Waals surface area contributed by atoms with Gasteiger partial charge < -0.3 is 47.2 Å². The lowest BCUT2D eigenvalue weighted by Crippen LogP contribution is -2.36. The first-order valence-corrected chi connectivity index (χ1v) is 12.3. The number of carboxylic acid groups (broad SMARTS) is 1. The quantitative estimate of drug-likeness (QED) is 0.130.